The zero-order valence-corrected chi connectivity index (χ0v) is 11.1. The quantitative estimate of drug-likeness (QED) is 0.816. The van der Waals surface area contributed by atoms with Gasteiger partial charge in [0.15, 0.2) is 5.16 Å². The number of aliphatic hydroxyl groups excluding tert-OH is 1. The summed E-state index contributed by atoms with van der Waals surface area (Å²) in [4.78, 5) is 7.89. The number of hydrogen-bond donors (Lipinski definition) is 2. The van der Waals surface area contributed by atoms with Gasteiger partial charge >= 0.3 is 0 Å². The lowest BCUT2D eigenvalue weighted by Gasteiger charge is -2.17. The van der Waals surface area contributed by atoms with Crippen molar-refractivity contribution in [3.8, 4) is 0 Å². The lowest BCUT2D eigenvalue weighted by Crippen LogP contribution is -2.21. The zero-order valence-electron chi connectivity index (χ0n) is 10.3. The lowest BCUT2D eigenvalue weighted by atomic mass is 10.1. The summed E-state index contributed by atoms with van der Waals surface area (Å²) in [6.45, 7) is 0. The van der Waals surface area contributed by atoms with Crippen LogP contribution < -0.4 is 0 Å². The number of aliphatic hydroxyl groups is 1. The highest BCUT2D eigenvalue weighted by Gasteiger charge is 2.23. The Bertz CT molecular complexity index is 492. The van der Waals surface area contributed by atoms with Crippen molar-refractivity contribution in [2.24, 2.45) is 0 Å². The summed E-state index contributed by atoms with van der Waals surface area (Å²) in [6, 6.07) is 8.06. The lowest BCUT2D eigenvalue weighted by molar-refractivity contribution is 0.163. The minimum atomic E-state index is -0.189. The number of benzene rings is 1. The predicted molar refractivity (Wildman–Crippen MR) is 74.8 cm³/mol. The SMILES string of the molecule is OC1CCCCCC1Sc1nc2ccccc2[nH]1. The van der Waals surface area contributed by atoms with E-state index in [0.717, 1.165) is 35.5 Å². The van der Waals surface area contributed by atoms with Gasteiger partial charge in [0.25, 0.3) is 0 Å². The number of rotatable bonds is 2. The molecule has 18 heavy (non-hydrogen) atoms. The predicted octanol–water partition coefficient (Wildman–Crippen LogP) is 3.35. The third kappa shape index (κ3) is 2.54. The smallest absolute Gasteiger partial charge is 0.166 e. The van der Waals surface area contributed by atoms with Crippen LogP contribution in [0.2, 0.25) is 0 Å². The van der Waals surface area contributed by atoms with Crippen LogP contribution in [0.4, 0.5) is 0 Å². The first kappa shape index (κ1) is 12.1. The number of para-hydroxylation sites is 2. The summed E-state index contributed by atoms with van der Waals surface area (Å²) in [7, 11) is 0. The average molecular weight is 262 g/mol. The number of imidazole rings is 1. The Balaban J connectivity index is 1.78. The summed E-state index contributed by atoms with van der Waals surface area (Å²) < 4.78 is 0. The van der Waals surface area contributed by atoms with Crippen LogP contribution >= 0.6 is 11.8 Å². The number of hydrogen-bond acceptors (Lipinski definition) is 3. The molecule has 0 spiro atoms. The van der Waals surface area contributed by atoms with E-state index in [2.05, 4.69) is 9.97 Å². The van der Waals surface area contributed by atoms with Crippen molar-refractivity contribution in [3.63, 3.8) is 0 Å². The Morgan fingerprint density at radius 2 is 2.00 bits per heavy atom. The molecular weight excluding hydrogens is 244 g/mol. The van der Waals surface area contributed by atoms with Crippen LogP contribution in [0.15, 0.2) is 29.4 Å². The van der Waals surface area contributed by atoms with E-state index >= 15 is 0 Å². The number of nitrogens with one attached hydrogen (secondary N) is 1. The first-order chi connectivity index (χ1) is 8.83. The molecule has 0 bridgehead atoms. The molecule has 1 saturated carbocycles. The van der Waals surface area contributed by atoms with Crippen molar-refractivity contribution in [3.05, 3.63) is 24.3 Å². The second-order valence-corrected chi connectivity index (χ2v) is 6.15. The van der Waals surface area contributed by atoms with E-state index in [4.69, 9.17) is 0 Å². The van der Waals surface area contributed by atoms with Crippen LogP contribution in [0.25, 0.3) is 11.0 Å². The van der Waals surface area contributed by atoms with Gasteiger partial charge < -0.3 is 10.1 Å². The molecule has 2 N–H and O–H groups in total. The molecule has 3 rings (SSSR count). The van der Waals surface area contributed by atoms with Crippen molar-refractivity contribution in [2.75, 3.05) is 0 Å². The largest absolute Gasteiger partial charge is 0.392 e. The van der Waals surface area contributed by atoms with Gasteiger partial charge in [0.05, 0.1) is 17.1 Å². The van der Waals surface area contributed by atoms with Crippen molar-refractivity contribution in [2.45, 2.75) is 48.6 Å². The second kappa shape index (κ2) is 5.33. The monoisotopic (exact) mass is 262 g/mol. The van der Waals surface area contributed by atoms with E-state index in [1.807, 2.05) is 24.3 Å². The van der Waals surface area contributed by atoms with Crippen LogP contribution in [0.3, 0.4) is 0 Å². The molecule has 1 heterocycles. The maximum Gasteiger partial charge on any atom is 0.166 e. The Morgan fingerprint density at radius 1 is 1.17 bits per heavy atom. The van der Waals surface area contributed by atoms with Gasteiger partial charge in [-0.05, 0) is 25.0 Å². The van der Waals surface area contributed by atoms with Gasteiger partial charge in [0, 0.05) is 5.25 Å². The molecule has 0 amide bonds. The topological polar surface area (TPSA) is 48.9 Å². The van der Waals surface area contributed by atoms with Crippen molar-refractivity contribution < 1.29 is 5.11 Å². The van der Waals surface area contributed by atoms with E-state index in [-0.39, 0.29) is 11.4 Å². The summed E-state index contributed by atoms with van der Waals surface area (Å²) in [6.07, 6.45) is 5.44. The van der Waals surface area contributed by atoms with Crippen LogP contribution in [-0.2, 0) is 0 Å². The second-order valence-electron chi connectivity index (χ2n) is 4.92. The Morgan fingerprint density at radius 3 is 2.89 bits per heavy atom. The molecule has 1 aliphatic rings. The molecule has 2 atom stereocenters. The third-order valence-electron chi connectivity index (χ3n) is 3.55. The molecule has 4 heteroatoms. The molecule has 1 aromatic heterocycles. The van der Waals surface area contributed by atoms with Crippen molar-refractivity contribution >= 4 is 22.8 Å². The number of fused-ring (bicyclic) bond motifs is 1. The first-order valence-electron chi connectivity index (χ1n) is 6.62. The van der Waals surface area contributed by atoms with Gasteiger partial charge in [-0.25, -0.2) is 4.98 Å². The van der Waals surface area contributed by atoms with Gasteiger partial charge in [0.1, 0.15) is 0 Å². The number of nitrogens with zero attached hydrogens (tertiary/aromatic N) is 1. The first-order valence-corrected chi connectivity index (χ1v) is 7.50. The standard InChI is InChI=1S/C14H18N2OS/c17-12-8-2-1-3-9-13(12)18-14-15-10-6-4-5-7-11(10)16-14/h4-7,12-13,17H,1-3,8-9H2,(H,15,16). The fraction of sp³-hybridized carbons (Fsp3) is 0.500. The maximum atomic E-state index is 10.1. The Kier molecular flexibility index (Phi) is 3.57. The minimum absolute atomic E-state index is 0.189. The molecule has 3 nitrogen and oxygen atoms in total. The minimum Gasteiger partial charge on any atom is -0.392 e. The van der Waals surface area contributed by atoms with Gasteiger partial charge in [-0.2, -0.15) is 0 Å². The number of aromatic amines is 1. The highest BCUT2D eigenvalue weighted by atomic mass is 32.2. The van der Waals surface area contributed by atoms with E-state index in [1.165, 1.54) is 12.8 Å². The summed E-state index contributed by atoms with van der Waals surface area (Å²) >= 11 is 1.70. The van der Waals surface area contributed by atoms with Gasteiger partial charge in [-0.3, -0.25) is 0 Å². The third-order valence-corrected chi connectivity index (χ3v) is 4.82. The summed E-state index contributed by atoms with van der Waals surface area (Å²) in [5.41, 5.74) is 2.08. The molecule has 2 unspecified atom stereocenters. The molecule has 96 valence electrons. The van der Waals surface area contributed by atoms with E-state index in [0.29, 0.717) is 0 Å². The number of aromatic nitrogens is 2. The molecule has 1 fully saturated rings. The average Bonchev–Trinajstić information content (AvgIpc) is 2.68. The summed E-state index contributed by atoms with van der Waals surface area (Å²) in [5, 5.41) is 11.3. The van der Waals surface area contributed by atoms with E-state index in [9.17, 15) is 5.11 Å². The molecule has 0 saturated heterocycles. The molecule has 0 radical (unpaired) electrons. The van der Waals surface area contributed by atoms with Crippen molar-refractivity contribution in [1.29, 1.82) is 0 Å². The fourth-order valence-corrected chi connectivity index (χ4v) is 3.70. The van der Waals surface area contributed by atoms with Gasteiger partial charge in [-0.15, -0.1) is 0 Å². The molecule has 1 aliphatic carbocycles. The highest BCUT2D eigenvalue weighted by molar-refractivity contribution is 7.99. The summed E-state index contributed by atoms with van der Waals surface area (Å²) in [5.74, 6) is 0. The van der Waals surface area contributed by atoms with Gasteiger partial charge in [0.2, 0.25) is 0 Å². The molecule has 2 aromatic rings. The van der Waals surface area contributed by atoms with Gasteiger partial charge in [-0.1, -0.05) is 43.2 Å². The van der Waals surface area contributed by atoms with E-state index < -0.39 is 0 Å². The normalized spacial score (nSPS) is 25.2. The molecule has 1 aromatic carbocycles. The molecule has 0 aliphatic heterocycles. The van der Waals surface area contributed by atoms with Crippen LogP contribution in [0.5, 0.6) is 0 Å². The number of thioether (sulfide) groups is 1. The van der Waals surface area contributed by atoms with Crippen molar-refractivity contribution in [1.82, 2.24) is 9.97 Å². The highest BCUT2D eigenvalue weighted by Crippen LogP contribution is 2.32. The Labute approximate surface area is 111 Å². The van der Waals surface area contributed by atoms with Crippen LogP contribution in [0.1, 0.15) is 32.1 Å². The van der Waals surface area contributed by atoms with Crippen LogP contribution in [-0.4, -0.2) is 26.4 Å². The maximum absolute atomic E-state index is 10.1. The Hall–Kier alpha value is -1.00. The molecular formula is C14H18N2OS. The fourth-order valence-electron chi connectivity index (χ4n) is 2.52. The van der Waals surface area contributed by atoms with Crippen LogP contribution in [0, 0.1) is 0 Å². The number of H-pyrrole nitrogens is 1. The van der Waals surface area contributed by atoms with E-state index in [1.54, 1.807) is 11.8 Å². The zero-order chi connectivity index (χ0) is 12.4.